The maximum atomic E-state index is 12.6. The number of hydrogen-bond acceptors (Lipinski definition) is 2. The lowest BCUT2D eigenvalue weighted by Gasteiger charge is -2.16. The Balaban J connectivity index is 1.86. The first kappa shape index (κ1) is 13.1. The molecule has 0 radical (unpaired) electrons. The molecule has 102 valence electrons. The van der Waals surface area contributed by atoms with E-state index in [1.165, 1.54) is 11.1 Å². The minimum Gasteiger partial charge on any atom is -0.330 e. The fourth-order valence-electron chi connectivity index (χ4n) is 2.52. The molecule has 3 nitrogen and oxygen atoms in total. The standard InChI is InChI=1S/C16H15ClN2O/c1-2-14-7-13(8-15(17)18-14)16(20)19-9-11-5-3-4-6-12(11)10-19/h3-8H,2,9-10H2,1H3. The van der Waals surface area contributed by atoms with E-state index in [0.717, 1.165) is 12.1 Å². The summed E-state index contributed by atoms with van der Waals surface area (Å²) in [5, 5.41) is 0.379. The topological polar surface area (TPSA) is 33.2 Å². The zero-order chi connectivity index (χ0) is 14.1. The SMILES string of the molecule is CCc1cc(C(=O)N2Cc3ccccc3C2)cc(Cl)n1. The molecule has 0 atom stereocenters. The molecular weight excluding hydrogens is 272 g/mol. The summed E-state index contributed by atoms with van der Waals surface area (Å²) in [5.74, 6) is 0.0141. The number of benzene rings is 1. The molecule has 1 aliphatic rings. The minimum absolute atomic E-state index is 0.0141. The van der Waals surface area contributed by atoms with Crippen molar-refractivity contribution in [1.29, 1.82) is 0 Å². The van der Waals surface area contributed by atoms with Gasteiger partial charge in [0.15, 0.2) is 0 Å². The normalized spacial score (nSPS) is 13.4. The van der Waals surface area contributed by atoms with Gasteiger partial charge in [-0.05, 0) is 29.7 Å². The molecule has 1 amide bonds. The lowest BCUT2D eigenvalue weighted by molar-refractivity contribution is 0.0751. The van der Waals surface area contributed by atoms with Crippen LogP contribution in [0.2, 0.25) is 5.15 Å². The maximum absolute atomic E-state index is 12.6. The molecule has 2 aromatic rings. The molecule has 0 saturated carbocycles. The van der Waals surface area contributed by atoms with Crippen molar-refractivity contribution in [3.8, 4) is 0 Å². The number of carbonyl (C=O) groups excluding carboxylic acids is 1. The number of nitrogens with zero attached hydrogens (tertiary/aromatic N) is 2. The highest BCUT2D eigenvalue weighted by atomic mass is 35.5. The fourth-order valence-corrected chi connectivity index (χ4v) is 2.74. The van der Waals surface area contributed by atoms with Crippen LogP contribution in [-0.2, 0) is 19.5 Å². The van der Waals surface area contributed by atoms with Crippen LogP contribution in [0.4, 0.5) is 0 Å². The van der Waals surface area contributed by atoms with E-state index in [1.807, 2.05) is 30.0 Å². The Morgan fingerprint density at radius 1 is 1.25 bits per heavy atom. The van der Waals surface area contributed by atoms with Gasteiger partial charge >= 0.3 is 0 Å². The van der Waals surface area contributed by atoms with E-state index in [1.54, 1.807) is 6.07 Å². The Morgan fingerprint density at radius 2 is 1.90 bits per heavy atom. The molecule has 0 aliphatic carbocycles. The number of aryl methyl sites for hydroxylation is 1. The van der Waals surface area contributed by atoms with Gasteiger partial charge in [0.1, 0.15) is 5.15 Å². The van der Waals surface area contributed by atoms with Crippen molar-refractivity contribution >= 4 is 17.5 Å². The number of halogens is 1. The summed E-state index contributed by atoms with van der Waals surface area (Å²) in [6, 6.07) is 11.6. The minimum atomic E-state index is 0.0141. The molecule has 20 heavy (non-hydrogen) atoms. The highest BCUT2D eigenvalue weighted by molar-refractivity contribution is 6.29. The van der Waals surface area contributed by atoms with E-state index in [9.17, 15) is 4.79 Å². The van der Waals surface area contributed by atoms with Crippen LogP contribution < -0.4 is 0 Å². The smallest absolute Gasteiger partial charge is 0.254 e. The molecule has 0 fully saturated rings. The molecule has 4 heteroatoms. The van der Waals surface area contributed by atoms with Crippen molar-refractivity contribution < 1.29 is 4.79 Å². The van der Waals surface area contributed by atoms with Gasteiger partial charge in [-0.25, -0.2) is 4.98 Å². The lowest BCUT2D eigenvalue weighted by atomic mass is 10.1. The monoisotopic (exact) mass is 286 g/mol. The predicted octanol–water partition coefficient (Wildman–Crippen LogP) is 3.45. The molecule has 0 saturated heterocycles. The van der Waals surface area contributed by atoms with Crippen LogP contribution in [0.5, 0.6) is 0 Å². The van der Waals surface area contributed by atoms with Crippen LogP contribution in [0.15, 0.2) is 36.4 Å². The summed E-state index contributed by atoms with van der Waals surface area (Å²) in [6.07, 6.45) is 0.765. The predicted molar refractivity (Wildman–Crippen MR) is 78.6 cm³/mol. The van der Waals surface area contributed by atoms with E-state index in [-0.39, 0.29) is 5.91 Å². The molecule has 0 bridgehead atoms. The number of pyridine rings is 1. The van der Waals surface area contributed by atoms with Gasteiger partial charge in [0.25, 0.3) is 5.91 Å². The van der Waals surface area contributed by atoms with Crippen LogP contribution in [0.25, 0.3) is 0 Å². The van der Waals surface area contributed by atoms with Crippen molar-refractivity contribution in [2.24, 2.45) is 0 Å². The summed E-state index contributed by atoms with van der Waals surface area (Å²) in [5.41, 5.74) is 3.90. The molecule has 0 unspecified atom stereocenters. The highest BCUT2D eigenvalue weighted by Crippen LogP contribution is 2.24. The average Bonchev–Trinajstić information content (AvgIpc) is 2.89. The van der Waals surface area contributed by atoms with Crippen molar-refractivity contribution in [2.75, 3.05) is 0 Å². The van der Waals surface area contributed by atoms with Gasteiger partial charge in [0, 0.05) is 24.3 Å². The third-order valence-corrected chi connectivity index (χ3v) is 3.78. The Morgan fingerprint density at radius 3 is 2.50 bits per heavy atom. The van der Waals surface area contributed by atoms with E-state index in [2.05, 4.69) is 17.1 Å². The summed E-state index contributed by atoms with van der Waals surface area (Å²) in [4.78, 5) is 18.6. The first-order chi connectivity index (χ1) is 9.67. The highest BCUT2D eigenvalue weighted by Gasteiger charge is 2.24. The Labute approximate surface area is 123 Å². The van der Waals surface area contributed by atoms with Gasteiger partial charge in [0.2, 0.25) is 0 Å². The molecular formula is C16H15ClN2O. The van der Waals surface area contributed by atoms with E-state index >= 15 is 0 Å². The first-order valence-electron chi connectivity index (χ1n) is 6.70. The molecule has 0 N–H and O–H groups in total. The maximum Gasteiger partial charge on any atom is 0.254 e. The van der Waals surface area contributed by atoms with Gasteiger partial charge in [-0.3, -0.25) is 4.79 Å². The number of aromatic nitrogens is 1. The van der Waals surface area contributed by atoms with Gasteiger partial charge in [0.05, 0.1) is 0 Å². The number of hydrogen-bond donors (Lipinski definition) is 0. The number of carbonyl (C=O) groups is 1. The van der Waals surface area contributed by atoms with Crippen LogP contribution in [0.3, 0.4) is 0 Å². The zero-order valence-electron chi connectivity index (χ0n) is 11.3. The number of amides is 1. The zero-order valence-corrected chi connectivity index (χ0v) is 12.0. The average molecular weight is 287 g/mol. The Bertz CT molecular complexity index is 644. The molecule has 0 spiro atoms. The molecule has 1 aromatic heterocycles. The quantitative estimate of drug-likeness (QED) is 0.792. The lowest BCUT2D eigenvalue weighted by Crippen LogP contribution is -2.25. The summed E-state index contributed by atoms with van der Waals surface area (Å²) >= 11 is 5.99. The van der Waals surface area contributed by atoms with Crippen LogP contribution >= 0.6 is 11.6 Å². The molecule has 1 aromatic carbocycles. The third-order valence-electron chi connectivity index (χ3n) is 3.58. The number of rotatable bonds is 2. The second-order valence-corrected chi connectivity index (χ2v) is 5.34. The van der Waals surface area contributed by atoms with Gasteiger partial charge in [-0.2, -0.15) is 0 Å². The summed E-state index contributed by atoms with van der Waals surface area (Å²) in [6.45, 7) is 3.32. The van der Waals surface area contributed by atoms with Crippen molar-refractivity contribution in [1.82, 2.24) is 9.88 Å². The summed E-state index contributed by atoms with van der Waals surface area (Å²) in [7, 11) is 0. The van der Waals surface area contributed by atoms with Crippen LogP contribution in [0.1, 0.15) is 34.1 Å². The van der Waals surface area contributed by atoms with E-state index < -0.39 is 0 Å². The van der Waals surface area contributed by atoms with Crippen molar-refractivity contribution in [2.45, 2.75) is 26.4 Å². The van der Waals surface area contributed by atoms with Crippen molar-refractivity contribution in [3.05, 3.63) is 63.9 Å². The molecule has 2 heterocycles. The van der Waals surface area contributed by atoms with E-state index in [0.29, 0.717) is 23.8 Å². The van der Waals surface area contributed by atoms with Gasteiger partial charge in [-0.1, -0.05) is 42.8 Å². The molecule has 1 aliphatic heterocycles. The van der Waals surface area contributed by atoms with Gasteiger partial charge < -0.3 is 4.90 Å². The van der Waals surface area contributed by atoms with E-state index in [4.69, 9.17) is 11.6 Å². The first-order valence-corrected chi connectivity index (χ1v) is 7.07. The van der Waals surface area contributed by atoms with Crippen molar-refractivity contribution in [3.63, 3.8) is 0 Å². The van der Waals surface area contributed by atoms with Gasteiger partial charge in [-0.15, -0.1) is 0 Å². The fraction of sp³-hybridized carbons (Fsp3) is 0.250. The van der Waals surface area contributed by atoms with Crippen LogP contribution in [0, 0.1) is 0 Å². The Hall–Kier alpha value is -1.87. The second kappa shape index (κ2) is 5.25. The Kier molecular flexibility index (Phi) is 3.45. The van der Waals surface area contributed by atoms with Crippen LogP contribution in [-0.4, -0.2) is 15.8 Å². The summed E-state index contributed by atoms with van der Waals surface area (Å²) < 4.78 is 0. The molecule has 3 rings (SSSR count). The number of fused-ring (bicyclic) bond motifs is 1. The second-order valence-electron chi connectivity index (χ2n) is 4.95. The largest absolute Gasteiger partial charge is 0.330 e. The third kappa shape index (κ3) is 2.41.